The maximum absolute atomic E-state index is 12.6. The summed E-state index contributed by atoms with van der Waals surface area (Å²) in [5.41, 5.74) is 1.18. The Labute approximate surface area is 131 Å². The van der Waals surface area contributed by atoms with Crippen LogP contribution in [0.3, 0.4) is 0 Å². The van der Waals surface area contributed by atoms with Gasteiger partial charge in [0.1, 0.15) is 4.60 Å². The van der Waals surface area contributed by atoms with E-state index in [0.29, 0.717) is 27.2 Å². The molecule has 0 radical (unpaired) electrons. The monoisotopic (exact) mass is 371 g/mol. The molecule has 3 aromatic rings. The zero-order valence-electron chi connectivity index (χ0n) is 11.0. The van der Waals surface area contributed by atoms with E-state index in [1.54, 1.807) is 10.6 Å². The van der Waals surface area contributed by atoms with Gasteiger partial charge in [0, 0.05) is 11.8 Å². The number of rotatable bonds is 2. The van der Waals surface area contributed by atoms with Crippen LogP contribution in [-0.2, 0) is 12.8 Å². The number of aliphatic hydroxyl groups is 1. The highest BCUT2D eigenvalue weighted by Gasteiger charge is 2.30. The van der Waals surface area contributed by atoms with Crippen LogP contribution in [0.25, 0.3) is 16.9 Å². The molecule has 0 amide bonds. The Bertz CT molecular complexity index is 828. The van der Waals surface area contributed by atoms with Gasteiger partial charge in [-0.1, -0.05) is 12.1 Å². The lowest BCUT2D eigenvalue weighted by Crippen LogP contribution is -2.04. The molecule has 0 unspecified atom stereocenters. The van der Waals surface area contributed by atoms with Gasteiger partial charge in [0.2, 0.25) is 0 Å². The van der Waals surface area contributed by atoms with Crippen molar-refractivity contribution >= 4 is 21.6 Å². The number of imidazole rings is 1. The number of aromatic nitrogens is 3. The molecule has 8 heteroatoms. The number of fused-ring (bicyclic) bond motifs is 1. The molecule has 0 atom stereocenters. The zero-order valence-corrected chi connectivity index (χ0v) is 12.6. The molecule has 4 nitrogen and oxygen atoms in total. The molecule has 0 aliphatic heterocycles. The van der Waals surface area contributed by atoms with E-state index in [2.05, 4.69) is 25.9 Å². The second kappa shape index (κ2) is 5.36. The topological polar surface area (TPSA) is 50.4 Å². The highest BCUT2D eigenvalue weighted by Crippen LogP contribution is 2.32. The molecule has 114 valence electrons. The molecule has 0 aliphatic carbocycles. The maximum atomic E-state index is 12.6. The lowest BCUT2D eigenvalue weighted by atomic mass is 10.1. The van der Waals surface area contributed by atoms with Gasteiger partial charge in [-0.15, -0.1) is 0 Å². The van der Waals surface area contributed by atoms with Crippen molar-refractivity contribution < 1.29 is 18.3 Å². The van der Waals surface area contributed by atoms with E-state index in [1.165, 1.54) is 18.3 Å². The van der Waals surface area contributed by atoms with E-state index in [9.17, 15) is 18.3 Å². The average Bonchev–Trinajstić information content (AvgIpc) is 2.84. The van der Waals surface area contributed by atoms with Crippen LogP contribution >= 0.6 is 15.9 Å². The second-order valence-electron chi connectivity index (χ2n) is 4.58. The molecule has 0 bridgehead atoms. The van der Waals surface area contributed by atoms with Crippen LogP contribution < -0.4 is 0 Å². The van der Waals surface area contributed by atoms with Crippen molar-refractivity contribution in [2.45, 2.75) is 12.8 Å². The van der Waals surface area contributed by atoms with Crippen molar-refractivity contribution in [3.8, 4) is 11.3 Å². The summed E-state index contributed by atoms with van der Waals surface area (Å²) in [6.45, 7) is -0.298. The Balaban J connectivity index is 2.13. The number of halogens is 4. The summed E-state index contributed by atoms with van der Waals surface area (Å²) in [4.78, 5) is 8.36. The quantitative estimate of drug-likeness (QED) is 0.747. The van der Waals surface area contributed by atoms with E-state index in [0.717, 1.165) is 12.1 Å². The zero-order chi connectivity index (χ0) is 15.9. The minimum atomic E-state index is -4.38. The second-order valence-corrected chi connectivity index (χ2v) is 5.39. The van der Waals surface area contributed by atoms with Crippen molar-refractivity contribution in [1.29, 1.82) is 0 Å². The van der Waals surface area contributed by atoms with Crippen molar-refractivity contribution in [3.63, 3.8) is 0 Å². The third-order valence-corrected chi connectivity index (χ3v) is 3.62. The van der Waals surface area contributed by atoms with E-state index >= 15 is 0 Å². The van der Waals surface area contributed by atoms with E-state index in [4.69, 9.17) is 0 Å². The van der Waals surface area contributed by atoms with Crippen LogP contribution in [0, 0.1) is 0 Å². The Kier molecular flexibility index (Phi) is 3.65. The molecule has 0 spiro atoms. The Morgan fingerprint density at radius 3 is 2.45 bits per heavy atom. The standard InChI is InChI=1S/C14H9BrF3N3O/c15-11-6-21-10(7-22)13(20-12(21)5-19-11)8-1-3-9(4-2-8)14(16,17)18/h1-6,22H,7H2. The van der Waals surface area contributed by atoms with Crippen molar-refractivity contribution in [2.75, 3.05) is 0 Å². The predicted octanol–water partition coefficient (Wildman–Crippen LogP) is 3.67. The first kappa shape index (κ1) is 15.0. The lowest BCUT2D eigenvalue weighted by molar-refractivity contribution is -0.137. The minimum Gasteiger partial charge on any atom is -0.390 e. The third-order valence-electron chi connectivity index (χ3n) is 3.21. The summed E-state index contributed by atoms with van der Waals surface area (Å²) in [5.74, 6) is 0. The van der Waals surface area contributed by atoms with Crippen LogP contribution in [-0.4, -0.2) is 19.5 Å². The number of hydrogen-bond donors (Lipinski definition) is 1. The number of alkyl halides is 3. The van der Waals surface area contributed by atoms with Gasteiger partial charge in [-0.3, -0.25) is 4.40 Å². The molecule has 3 rings (SSSR count). The number of benzene rings is 1. The van der Waals surface area contributed by atoms with Gasteiger partial charge in [-0.05, 0) is 28.1 Å². The Morgan fingerprint density at radius 1 is 1.18 bits per heavy atom. The van der Waals surface area contributed by atoms with Crippen LogP contribution in [0.5, 0.6) is 0 Å². The maximum Gasteiger partial charge on any atom is 0.416 e. The summed E-state index contributed by atoms with van der Waals surface area (Å²) >= 11 is 3.23. The fourth-order valence-corrected chi connectivity index (χ4v) is 2.49. The molecule has 2 heterocycles. The molecule has 0 saturated carbocycles. The van der Waals surface area contributed by atoms with Crippen molar-refractivity contribution in [1.82, 2.24) is 14.4 Å². The molecule has 0 saturated heterocycles. The SMILES string of the molecule is OCc1c(-c2ccc(C(F)(F)F)cc2)nc2cnc(Br)cn12. The Hall–Kier alpha value is -1.93. The molecule has 2 aromatic heterocycles. The van der Waals surface area contributed by atoms with Gasteiger partial charge < -0.3 is 5.11 Å². The number of nitrogens with zero attached hydrogens (tertiary/aromatic N) is 3. The largest absolute Gasteiger partial charge is 0.416 e. The number of aliphatic hydroxyl groups excluding tert-OH is 1. The lowest BCUT2D eigenvalue weighted by Gasteiger charge is -2.07. The number of hydrogen-bond acceptors (Lipinski definition) is 3. The summed E-state index contributed by atoms with van der Waals surface area (Å²) in [6.07, 6.45) is -1.23. The van der Waals surface area contributed by atoms with Crippen LogP contribution in [0.2, 0.25) is 0 Å². The summed E-state index contributed by atoms with van der Waals surface area (Å²) < 4.78 is 40.0. The predicted molar refractivity (Wildman–Crippen MR) is 77.0 cm³/mol. The molecular weight excluding hydrogens is 363 g/mol. The van der Waals surface area contributed by atoms with Gasteiger partial charge in [-0.25, -0.2) is 9.97 Å². The van der Waals surface area contributed by atoms with Gasteiger partial charge in [0.05, 0.1) is 29.8 Å². The molecule has 22 heavy (non-hydrogen) atoms. The highest BCUT2D eigenvalue weighted by atomic mass is 79.9. The normalized spacial score (nSPS) is 12.0. The first-order valence-corrected chi connectivity index (χ1v) is 7.00. The third kappa shape index (κ3) is 2.59. The highest BCUT2D eigenvalue weighted by molar-refractivity contribution is 9.10. The fourth-order valence-electron chi connectivity index (χ4n) is 2.18. The summed E-state index contributed by atoms with van der Waals surface area (Å²) in [6, 6.07) is 4.67. The molecule has 1 N–H and O–H groups in total. The first-order chi connectivity index (χ1) is 10.4. The first-order valence-electron chi connectivity index (χ1n) is 6.21. The van der Waals surface area contributed by atoms with E-state index < -0.39 is 11.7 Å². The fraction of sp³-hybridized carbons (Fsp3) is 0.143. The van der Waals surface area contributed by atoms with Crippen molar-refractivity contribution in [2.24, 2.45) is 0 Å². The van der Waals surface area contributed by atoms with Crippen LogP contribution in [0.15, 0.2) is 41.3 Å². The minimum absolute atomic E-state index is 0.298. The molecule has 0 fully saturated rings. The molecular formula is C14H9BrF3N3O. The molecule has 1 aromatic carbocycles. The Morgan fingerprint density at radius 2 is 1.86 bits per heavy atom. The summed E-state index contributed by atoms with van der Waals surface area (Å²) in [7, 11) is 0. The van der Waals surface area contributed by atoms with Crippen LogP contribution in [0.4, 0.5) is 13.2 Å². The van der Waals surface area contributed by atoms with Gasteiger partial charge in [0.15, 0.2) is 5.65 Å². The van der Waals surface area contributed by atoms with Crippen LogP contribution in [0.1, 0.15) is 11.3 Å². The summed E-state index contributed by atoms with van der Waals surface area (Å²) in [5, 5.41) is 9.56. The van der Waals surface area contributed by atoms with Gasteiger partial charge in [0.25, 0.3) is 0 Å². The van der Waals surface area contributed by atoms with Crippen molar-refractivity contribution in [3.05, 3.63) is 52.5 Å². The van der Waals surface area contributed by atoms with E-state index in [1.807, 2.05) is 0 Å². The van der Waals surface area contributed by atoms with Gasteiger partial charge >= 0.3 is 6.18 Å². The average molecular weight is 372 g/mol. The van der Waals surface area contributed by atoms with E-state index in [-0.39, 0.29) is 6.61 Å². The van der Waals surface area contributed by atoms with Gasteiger partial charge in [-0.2, -0.15) is 13.2 Å². The smallest absolute Gasteiger partial charge is 0.390 e. The molecule has 0 aliphatic rings.